The molecule has 1 unspecified atom stereocenters. The second-order valence-corrected chi connectivity index (χ2v) is 8.23. The van der Waals surface area contributed by atoms with Crippen LogP contribution in [0.5, 0.6) is 23.0 Å². The summed E-state index contributed by atoms with van der Waals surface area (Å²) in [5, 5.41) is 0. The van der Waals surface area contributed by atoms with Gasteiger partial charge in [-0.25, -0.2) is 0 Å². The summed E-state index contributed by atoms with van der Waals surface area (Å²) in [4.78, 5) is 28.5. The molecule has 8 heteroatoms. The highest BCUT2D eigenvalue weighted by Crippen LogP contribution is 2.41. The average Bonchev–Trinajstić information content (AvgIpc) is 2.91. The molecule has 0 amide bonds. The molecular formula is C27H27O7P. The molecule has 1 atom stereocenters. The Morgan fingerprint density at radius 1 is 0.657 bits per heavy atom. The molecule has 7 nitrogen and oxygen atoms in total. The third kappa shape index (κ3) is 5.36. The summed E-state index contributed by atoms with van der Waals surface area (Å²) >= 11 is 0. The zero-order valence-corrected chi connectivity index (χ0v) is 20.9. The van der Waals surface area contributed by atoms with Gasteiger partial charge in [0.2, 0.25) is 0 Å². The first kappa shape index (κ1) is 25.9. The van der Waals surface area contributed by atoms with E-state index in [0.29, 0.717) is 5.56 Å². The van der Waals surface area contributed by atoms with E-state index < -0.39 is 23.4 Å². The molecule has 0 saturated heterocycles. The highest BCUT2D eigenvalue weighted by molar-refractivity contribution is 7.23. The van der Waals surface area contributed by atoms with Gasteiger partial charge in [0, 0.05) is 12.1 Å². The summed E-state index contributed by atoms with van der Waals surface area (Å²) in [6.07, 6.45) is 0.0427. The van der Waals surface area contributed by atoms with E-state index >= 15 is 0 Å². The van der Waals surface area contributed by atoms with Gasteiger partial charge in [0.05, 0.1) is 34.4 Å². The standard InChI is InChI=1S/C27H27O7P/c1-31-19-12-8-13-20(32-2)24(19)26(28)23(18(16-35-30)17-10-6-5-7-11-17)27(29)25-21(33-3)14-9-15-22(25)34-4/h5-15,18,23H,16H2,1-4H3. The lowest BCUT2D eigenvalue weighted by Crippen LogP contribution is -2.32. The quantitative estimate of drug-likeness (QED) is 0.187. The number of ether oxygens (including phenoxy) is 4. The Hall–Kier alpha value is -3.70. The summed E-state index contributed by atoms with van der Waals surface area (Å²) in [7, 11) is 5.56. The van der Waals surface area contributed by atoms with Gasteiger partial charge in [-0.2, -0.15) is 0 Å². The normalized spacial score (nSPS) is 11.7. The van der Waals surface area contributed by atoms with Crippen LogP contribution in [0, 0.1) is 5.92 Å². The topological polar surface area (TPSA) is 88.1 Å². The average molecular weight is 494 g/mol. The molecule has 3 aromatic carbocycles. The van der Waals surface area contributed by atoms with Crippen LogP contribution in [0.25, 0.3) is 0 Å². The zero-order chi connectivity index (χ0) is 25.4. The van der Waals surface area contributed by atoms with Crippen LogP contribution in [0.2, 0.25) is 0 Å². The van der Waals surface area contributed by atoms with Gasteiger partial charge in [-0.15, -0.1) is 0 Å². The number of methoxy groups -OCH3 is 4. The van der Waals surface area contributed by atoms with Crippen LogP contribution in [0.1, 0.15) is 32.2 Å². The van der Waals surface area contributed by atoms with E-state index in [1.165, 1.54) is 28.4 Å². The van der Waals surface area contributed by atoms with Crippen LogP contribution in [-0.4, -0.2) is 46.2 Å². The maximum Gasteiger partial charge on any atom is 0.181 e. The lowest BCUT2D eigenvalue weighted by molar-refractivity contribution is 0.0782. The minimum absolute atomic E-state index is 0.0427. The fourth-order valence-corrected chi connectivity index (χ4v) is 4.75. The molecule has 35 heavy (non-hydrogen) atoms. The van der Waals surface area contributed by atoms with Crippen LogP contribution in [0.3, 0.4) is 0 Å². The van der Waals surface area contributed by atoms with Gasteiger partial charge in [-0.1, -0.05) is 42.5 Å². The zero-order valence-electron chi connectivity index (χ0n) is 20.0. The van der Waals surface area contributed by atoms with Gasteiger partial charge in [-0.05, 0) is 29.8 Å². The molecule has 0 heterocycles. The van der Waals surface area contributed by atoms with Crippen molar-refractivity contribution >= 4 is 20.0 Å². The van der Waals surface area contributed by atoms with Gasteiger partial charge < -0.3 is 18.9 Å². The highest BCUT2D eigenvalue weighted by atomic mass is 31.1. The number of ketones is 2. The number of benzene rings is 3. The van der Waals surface area contributed by atoms with Gasteiger partial charge in [-0.3, -0.25) is 14.2 Å². The Morgan fingerprint density at radius 2 is 1.06 bits per heavy atom. The number of hydrogen-bond donors (Lipinski definition) is 0. The van der Waals surface area contributed by atoms with E-state index in [9.17, 15) is 14.2 Å². The predicted octanol–water partition coefficient (Wildman–Crippen LogP) is 5.48. The molecule has 0 fully saturated rings. The number of rotatable bonds is 12. The predicted molar refractivity (Wildman–Crippen MR) is 133 cm³/mol. The van der Waals surface area contributed by atoms with Crippen molar-refractivity contribution in [1.82, 2.24) is 0 Å². The van der Waals surface area contributed by atoms with Crippen LogP contribution in [0.4, 0.5) is 0 Å². The Kier molecular flexibility index (Phi) is 8.98. The first-order valence-corrected chi connectivity index (χ1v) is 11.9. The summed E-state index contributed by atoms with van der Waals surface area (Å²) < 4.78 is 33.7. The maximum absolute atomic E-state index is 14.2. The number of Topliss-reactive ketones (excluding diaryl/α,β-unsaturated/α-hetero) is 2. The number of hydrogen-bond acceptors (Lipinski definition) is 7. The van der Waals surface area contributed by atoms with Crippen LogP contribution in [0.15, 0.2) is 66.7 Å². The summed E-state index contributed by atoms with van der Waals surface area (Å²) in [5.41, 5.74) is 0.965. The van der Waals surface area contributed by atoms with Crippen molar-refractivity contribution in [3.63, 3.8) is 0 Å². The monoisotopic (exact) mass is 494 g/mol. The lowest BCUT2D eigenvalue weighted by Gasteiger charge is -2.26. The van der Waals surface area contributed by atoms with E-state index in [2.05, 4.69) is 0 Å². The molecule has 0 aliphatic carbocycles. The minimum Gasteiger partial charge on any atom is -0.496 e. The molecule has 0 spiro atoms. The fraction of sp³-hybridized carbons (Fsp3) is 0.259. The van der Waals surface area contributed by atoms with Crippen LogP contribution in [-0.2, 0) is 4.57 Å². The van der Waals surface area contributed by atoms with Crippen molar-refractivity contribution < 1.29 is 33.1 Å². The molecule has 0 aliphatic heterocycles. The molecule has 0 saturated carbocycles. The Bertz CT molecular complexity index is 1080. The molecule has 182 valence electrons. The first-order chi connectivity index (χ1) is 17.0. The molecule has 3 rings (SSSR count). The van der Waals surface area contributed by atoms with Gasteiger partial charge >= 0.3 is 0 Å². The van der Waals surface area contributed by atoms with Gasteiger partial charge in [0.15, 0.2) is 20.0 Å². The molecular weight excluding hydrogens is 467 g/mol. The number of carbonyl (C=O) groups is 2. The SMILES string of the molecule is COc1cccc(OC)c1C(=O)C(C(=O)c1c(OC)cccc1OC)C(CP=O)c1ccccc1. The molecule has 0 bridgehead atoms. The van der Waals surface area contributed by atoms with Crippen LogP contribution < -0.4 is 18.9 Å². The molecule has 0 N–H and O–H groups in total. The fourth-order valence-electron chi connectivity index (χ4n) is 4.17. The summed E-state index contributed by atoms with van der Waals surface area (Å²) in [6.45, 7) is 0. The summed E-state index contributed by atoms with van der Waals surface area (Å²) in [6, 6.07) is 19.0. The molecule has 0 aromatic heterocycles. The Morgan fingerprint density at radius 3 is 1.40 bits per heavy atom. The maximum atomic E-state index is 14.2. The van der Waals surface area contributed by atoms with E-state index in [-0.39, 0.29) is 48.7 Å². The van der Waals surface area contributed by atoms with E-state index in [0.717, 1.165) is 0 Å². The molecule has 0 radical (unpaired) electrons. The van der Waals surface area contributed by atoms with E-state index in [1.807, 2.05) is 30.3 Å². The van der Waals surface area contributed by atoms with E-state index in [4.69, 9.17) is 18.9 Å². The van der Waals surface area contributed by atoms with Crippen molar-refractivity contribution in [2.24, 2.45) is 5.92 Å². The van der Waals surface area contributed by atoms with Crippen molar-refractivity contribution in [3.8, 4) is 23.0 Å². The lowest BCUT2D eigenvalue weighted by atomic mass is 9.77. The van der Waals surface area contributed by atoms with Gasteiger partial charge in [0.25, 0.3) is 0 Å². The van der Waals surface area contributed by atoms with Crippen molar-refractivity contribution in [2.75, 3.05) is 34.6 Å². The van der Waals surface area contributed by atoms with Crippen molar-refractivity contribution in [2.45, 2.75) is 5.92 Å². The third-order valence-electron chi connectivity index (χ3n) is 5.81. The highest BCUT2D eigenvalue weighted by Gasteiger charge is 2.41. The summed E-state index contributed by atoms with van der Waals surface area (Å²) in [5.74, 6) is -1.94. The van der Waals surface area contributed by atoms with E-state index in [1.54, 1.807) is 36.4 Å². The van der Waals surface area contributed by atoms with Crippen LogP contribution >= 0.6 is 8.46 Å². The third-order valence-corrected chi connectivity index (χ3v) is 6.36. The van der Waals surface area contributed by atoms with Gasteiger partial charge in [0.1, 0.15) is 34.1 Å². The minimum atomic E-state index is -1.27. The number of carbonyl (C=O) groups excluding carboxylic acids is 2. The second-order valence-electron chi connectivity index (χ2n) is 7.61. The van der Waals surface area contributed by atoms with Crippen molar-refractivity contribution in [1.29, 1.82) is 0 Å². The smallest absolute Gasteiger partial charge is 0.181 e. The Labute approximate surface area is 206 Å². The molecule has 0 aliphatic rings. The Balaban J connectivity index is 2.30. The second kappa shape index (κ2) is 12.1. The van der Waals surface area contributed by atoms with Crippen molar-refractivity contribution in [3.05, 3.63) is 83.4 Å². The molecule has 3 aromatic rings. The largest absolute Gasteiger partial charge is 0.496 e. The first-order valence-electron chi connectivity index (χ1n) is 10.9.